The lowest BCUT2D eigenvalue weighted by Gasteiger charge is -2.12. The number of hydrogen-bond acceptors (Lipinski definition) is 5. The third kappa shape index (κ3) is 7.00. The van der Waals surface area contributed by atoms with E-state index in [2.05, 4.69) is 27.4 Å². The SMILES string of the molecule is C=CCn1c(CNC(=O)c2ccccc2Cl)nnc1SCC(=O)Nc1cc(C(F)(F)F)ccc1Cl. The molecule has 35 heavy (non-hydrogen) atoms. The molecule has 0 saturated carbocycles. The number of amides is 2. The zero-order valence-corrected chi connectivity index (χ0v) is 20.2. The smallest absolute Gasteiger partial charge is 0.345 e. The van der Waals surface area contributed by atoms with E-state index in [9.17, 15) is 22.8 Å². The van der Waals surface area contributed by atoms with Crippen molar-refractivity contribution in [3.63, 3.8) is 0 Å². The highest BCUT2D eigenvalue weighted by Crippen LogP contribution is 2.34. The molecule has 2 amide bonds. The molecule has 0 aliphatic carbocycles. The predicted octanol–water partition coefficient (Wildman–Crippen LogP) is 5.45. The van der Waals surface area contributed by atoms with E-state index in [0.29, 0.717) is 28.1 Å². The second kappa shape index (κ2) is 11.6. The van der Waals surface area contributed by atoms with Gasteiger partial charge in [-0.3, -0.25) is 9.59 Å². The van der Waals surface area contributed by atoms with Gasteiger partial charge in [-0.25, -0.2) is 0 Å². The average Bonchev–Trinajstić information content (AvgIpc) is 3.19. The van der Waals surface area contributed by atoms with Crippen molar-refractivity contribution in [3.8, 4) is 0 Å². The van der Waals surface area contributed by atoms with Crippen molar-refractivity contribution in [2.45, 2.75) is 24.4 Å². The Morgan fingerprint density at radius 1 is 1.11 bits per heavy atom. The Kier molecular flexibility index (Phi) is 8.82. The van der Waals surface area contributed by atoms with Gasteiger partial charge in [0.1, 0.15) is 0 Å². The third-order valence-electron chi connectivity index (χ3n) is 4.53. The van der Waals surface area contributed by atoms with E-state index in [1.165, 1.54) is 0 Å². The summed E-state index contributed by atoms with van der Waals surface area (Å²) in [5.74, 6) is -0.740. The fourth-order valence-corrected chi connectivity index (χ4v) is 4.04. The van der Waals surface area contributed by atoms with Gasteiger partial charge < -0.3 is 15.2 Å². The first-order chi connectivity index (χ1) is 16.6. The minimum absolute atomic E-state index is 0.0253. The number of carbonyl (C=O) groups is 2. The third-order valence-corrected chi connectivity index (χ3v) is 6.16. The van der Waals surface area contributed by atoms with Crippen LogP contribution in [0.25, 0.3) is 0 Å². The highest BCUT2D eigenvalue weighted by Gasteiger charge is 2.31. The first-order valence-corrected chi connectivity index (χ1v) is 11.7. The standard InChI is InChI=1S/C22H18Cl2F3N5O2S/c1-2-9-32-18(11-28-20(34)14-5-3-4-6-15(14)23)30-31-21(32)35-12-19(33)29-17-10-13(22(25,26)27)7-8-16(17)24/h2-8,10H,1,9,11-12H2,(H,28,34)(H,29,33). The van der Waals surface area contributed by atoms with Crippen LogP contribution in [0.3, 0.4) is 0 Å². The lowest BCUT2D eigenvalue weighted by molar-refractivity contribution is -0.137. The number of rotatable bonds is 9. The maximum absolute atomic E-state index is 12.9. The maximum Gasteiger partial charge on any atom is 0.416 e. The quantitative estimate of drug-likeness (QED) is 0.276. The van der Waals surface area contributed by atoms with Crippen LogP contribution < -0.4 is 10.6 Å². The van der Waals surface area contributed by atoms with Crippen LogP contribution in [0.4, 0.5) is 18.9 Å². The molecule has 0 atom stereocenters. The molecule has 0 aliphatic heterocycles. The second-order valence-electron chi connectivity index (χ2n) is 6.99. The molecule has 1 aromatic heterocycles. The summed E-state index contributed by atoms with van der Waals surface area (Å²) in [4.78, 5) is 24.8. The molecule has 0 unspecified atom stereocenters. The van der Waals surface area contributed by atoms with Gasteiger partial charge in [-0.1, -0.05) is 53.2 Å². The Morgan fingerprint density at radius 2 is 1.86 bits per heavy atom. The molecule has 2 N–H and O–H groups in total. The van der Waals surface area contributed by atoms with Gasteiger partial charge in [0, 0.05) is 6.54 Å². The summed E-state index contributed by atoms with van der Waals surface area (Å²) in [5.41, 5.74) is -0.773. The number of halogens is 5. The van der Waals surface area contributed by atoms with Gasteiger partial charge in [0.25, 0.3) is 5.91 Å². The van der Waals surface area contributed by atoms with Crippen LogP contribution in [-0.2, 0) is 24.1 Å². The number of alkyl halides is 3. The number of anilines is 1. The summed E-state index contributed by atoms with van der Waals surface area (Å²) in [6, 6.07) is 9.25. The predicted molar refractivity (Wildman–Crippen MR) is 129 cm³/mol. The minimum atomic E-state index is -4.57. The zero-order valence-electron chi connectivity index (χ0n) is 17.9. The fraction of sp³-hybridized carbons (Fsp3) is 0.182. The monoisotopic (exact) mass is 543 g/mol. The first-order valence-electron chi connectivity index (χ1n) is 9.95. The molecule has 3 rings (SSSR count). The molecule has 2 aromatic carbocycles. The number of aromatic nitrogens is 3. The summed E-state index contributed by atoms with van der Waals surface area (Å²) in [6.07, 6.45) is -2.98. The van der Waals surface area contributed by atoms with Gasteiger partial charge in [0.05, 0.1) is 39.2 Å². The molecule has 0 spiro atoms. The Hall–Kier alpha value is -3.02. The number of thioether (sulfide) groups is 1. The molecule has 3 aromatic rings. The van der Waals surface area contributed by atoms with Crippen LogP contribution in [0.2, 0.25) is 10.0 Å². The summed E-state index contributed by atoms with van der Waals surface area (Å²) in [6.45, 7) is 4.02. The van der Waals surface area contributed by atoms with Crippen molar-refractivity contribution in [1.29, 1.82) is 0 Å². The lowest BCUT2D eigenvalue weighted by Crippen LogP contribution is -2.25. The number of carbonyl (C=O) groups excluding carboxylic acids is 2. The van der Waals surface area contributed by atoms with Gasteiger partial charge in [-0.15, -0.1) is 16.8 Å². The molecular formula is C22H18Cl2F3N5O2S. The van der Waals surface area contributed by atoms with Crippen LogP contribution >= 0.6 is 35.0 Å². The number of nitrogens with zero attached hydrogens (tertiary/aromatic N) is 3. The van der Waals surface area contributed by atoms with Crippen molar-refractivity contribution >= 4 is 52.5 Å². The Balaban J connectivity index is 1.65. The second-order valence-corrected chi connectivity index (χ2v) is 8.75. The van der Waals surface area contributed by atoms with Gasteiger partial charge in [0.15, 0.2) is 11.0 Å². The van der Waals surface area contributed by atoms with E-state index in [4.69, 9.17) is 23.2 Å². The largest absolute Gasteiger partial charge is 0.416 e. The summed E-state index contributed by atoms with van der Waals surface area (Å²) in [5, 5.41) is 13.8. The molecule has 7 nitrogen and oxygen atoms in total. The summed E-state index contributed by atoms with van der Waals surface area (Å²) in [7, 11) is 0. The molecular weight excluding hydrogens is 526 g/mol. The van der Waals surface area contributed by atoms with Gasteiger partial charge in [-0.2, -0.15) is 13.2 Å². The van der Waals surface area contributed by atoms with Crippen LogP contribution in [0, 0.1) is 0 Å². The normalized spacial score (nSPS) is 11.2. The van der Waals surface area contributed by atoms with Crippen molar-refractivity contribution < 1.29 is 22.8 Å². The number of hydrogen-bond donors (Lipinski definition) is 2. The Labute approximate surface area is 212 Å². The van der Waals surface area contributed by atoms with E-state index in [1.54, 1.807) is 34.9 Å². The van der Waals surface area contributed by atoms with E-state index in [1.807, 2.05) is 0 Å². The van der Waals surface area contributed by atoms with Crippen molar-refractivity contribution in [2.75, 3.05) is 11.1 Å². The lowest BCUT2D eigenvalue weighted by atomic mass is 10.2. The molecule has 0 aliphatic rings. The molecule has 0 fully saturated rings. The highest BCUT2D eigenvalue weighted by molar-refractivity contribution is 7.99. The van der Waals surface area contributed by atoms with Crippen LogP contribution in [0.1, 0.15) is 21.7 Å². The van der Waals surface area contributed by atoms with Crippen molar-refractivity contribution in [3.05, 3.63) is 82.1 Å². The average molecular weight is 544 g/mol. The number of nitrogens with one attached hydrogen (secondary N) is 2. The van der Waals surface area contributed by atoms with Gasteiger partial charge >= 0.3 is 6.18 Å². The van der Waals surface area contributed by atoms with Crippen LogP contribution in [-0.4, -0.2) is 32.3 Å². The fourth-order valence-electron chi connectivity index (χ4n) is 2.88. The minimum Gasteiger partial charge on any atom is -0.345 e. The number of benzene rings is 2. The topological polar surface area (TPSA) is 88.9 Å². The summed E-state index contributed by atoms with van der Waals surface area (Å²) >= 11 is 13.0. The maximum atomic E-state index is 12.9. The first kappa shape index (κ1) is 26.6. The molecule has 184 valence electrons. The zero-order chi connectivity index (χ0) is 25.6. The summed E-state index contributed by atoms with van der Waals surface area (Å²) < 4.78 is 40.5. The van der Waals surface area contributed by atoms with Crippen molar-refractivity contribution in [1.82, 2.24) is 20.1 Å². The number of allylic oxidation sites excluding steroid dienone is 1. The molecule has 0 bridgehead atoms. The highest BCUT2D eigenvalue weighted by atomic mass is 35.5. The van der Waals surface area contributed by atoms with E-state index in [-0.39, 0.29) is 23.0 Å². The van der Waals surface area contributed by atoms with Crippen LogP contribution in [0.5, 0.6) is 0 Å². The van der Waals surface area contributed by atoms with E-state index in [0.717, 1.165) is 30.0 Å². The van der Waals surface area contributed by atoms with Gasteiger partial charge in [0.2, 0.25) is 5.91 Å². The van der Waals surface area contributed by atoms with E-state index < -0.39 is 23.6 Å². The molecule has 0 radical (unpaired) electrons. The van der Waals surface area contributed by atoms with E-state index >= 15 is 0 Å². The Bertz CT molecular complexity index is 1250. The van der Waals surface area contributed by atoms with Crippen LogP contribution in [0.15, 0.2) is 60.3 Å². The molecule has 13 heteroatoms. The molecule has 0 saturated heterocycles. The van der Waals surface area contributed by atoms with Gasteiger partial charge in [-0.05, 0) is 30.3 Å². The Morgan fingerprint density at radius 3 is 2.54 bits per heavy atom. The molecule has 1 heterocycles. The van der Waals surface area contributed by atoms with Crippen molar-refractivity contribution in [2.24, 2.45) is 0 Å².